The molecule has 2 saturated heterocycles. The molecule has 1 atom stereocenters. The van der Waals surface area contributed by atoms with Crippen LogP contribution in [0.5, 0.6) is 0 Å². The van der Waals surface area contributed by atoms with Crippen LogP contribution < -0.4 is 15.5 Å². The highest BCUT2D eigenvalue weighted by Crippen LogP contribution is 2.25. The van der Waals surface area contributed by atoms with Gasteiger partial charge in [-0.25, -0.2) is 8.78 Å². The zero-order valence-electron chi connectivity index (χ0n) is 13.8. The van der Waals surface area contributed by atoms with Gasteiger partial charge in [0.05, 0.1) is 12.6 Å². The fourth-order valence-electron chi connectivity index (χ4n) is 3.09. The van der Waals surface area contributed by atoms with E-state index in [-0.39, 0.29) is 24.9 Å². The van der Waals surface area contributed by atoms with Gasteiger partial charge in [-0.05, 0) is 30.5 Å². The minimum atomic E-state index is -2.81. The summed E-state index contributed by atoms with van der Waals surface area (Å²) in [6, 6.07) is 6.55. The van der Waals surface area contributed by atoms with E-state index in [1.807, 2.05) is 24.3 Å². The molecular formula is C17H22ClF2N3O2. The number of piperidine rings is 1. The van der Waals surface area contributed by atoms with Crippen LogP contribution in [0.15, 0.2) is 24.3 Å². The number of carbonyl (C=O) groups is 2. The Hall–Kier alpha value is -1.73. The highest BCUT2D eigenvalue weighted by atomic mass is 35.5. The van der Waals surface area contributed by atoms with Crippen molar-refractivity contribution < 1.29 is 18.4 Å². The van der Waals surface area contributed by atoms with Gasteiger partial charge in [0.1, 0.15) is 0 Å². The number of hydrogen-bond donors (Lipinski definition) is 2. The summed E-state index contributed by atoms with van der Waals surface area (Å²) in [5.41, 5.74) is 1.72. The summed E-state index contributed by atoms with van der Waals surface area (Å²) in [7, 11) is 0. The van der Waals surface area contributed by atoms with Crippen LogP contribution in [0.4, 0.5) is 14.5 Å². The Balaban J connectivity index is 0.00000225. The van der Waals surface area contributed by atoms with E-state index in [0.29, 0.717) is 6.42 Å². The molecule has 0 bridgehead atoms. The van der Waals surface area contributed by atoms with E-state index in [1.165, 1.54) is 0 Å². The summed E-state index contributed by atoms with van der Waals surface area (Å²) < 4.78 is 26.2. The van der Waals surface area contributed by atoms with E-state index in [0.717, 1.165) is 30.6 Å². The van der Waals surface area contributed by atoms with Crippen molar-refractivity contribution in [1.29, 1.82) is 0 Å². The largest absolute Gasteiger partial charge is 0.351 e. The minimum Gasteiger partial charge on any atom is -0.351 e. The summed E-state index contributed by atoms with van der Waals surface area (Å²) in [4.78, 5) is 25.6. The van der Waals surface area contributed by atoms with Crippen molar-refractivity contribution in [3.05, 3.63) is 29.8 Å². The van der Waals surface area contributed by atoms with E-state index in [2.05, 4.69) is 10.6 Å². The molecule has 2 heterocycles. The molecule has 2 amide bonds. The molecule has 0 aromatic heterocycles. The average molecular weight is 374 g/mol. The van der Waals surface area contributed by atoms with E-state index >= 15 is 0 Å². The van der Waals surface area contributed by atoms with E-state index in [9.17, 15) is 18.4 Å². The van der Waals surface area contributed by atoms with Crippen molar-refractivity contribution in [2.75, 3.05) is 18.0 Å². The maximum Gasteiger partial charge on any atom is 0.262 e. The van der Waals surface area contributed by atoms with Crippen molar-refractivity contribution in [2.24, 2.45) is 0 Å². The number of carbonyl (C=O) groups excluding carboxylic acids is 2. The molecule has 0 radical (unpaired) electrons. The molecule has 138 valence electrons. The molecule has 0 aliphatic carbocycles. The molecule has 1 aromatic rings. The molecule has 0 saturated carbocycles. The Morgan fingerprint density at radius 3 is 2.60 bits per heavy atom. The summed E-state index contributed by atoms with van der Waals surface area (Å²) >= 11 is 0. The van der Waals surface area contributed by atoms with Gasteiger partial charge in [0.2, 0.25) is 11.8 Å². The Morgan fingerprint density at radius 1 is 1.28 bits per heavy atom. The number of hydrogen-bond acceptors (Lipinski definition) is 3. The number of nitrogens with zero attached hydrogens (tertiary/aromatic N) is 1. The number of rotatable bonds is 4. The first-order valence-electron chi connectivity index (χ1n) is 8.23. The molecule has 25 heavy (non-hydrogen) atoms. The Bertz CT molecular complexity index is 625. The van der Waals surface area contributed by atoms with Crippen LogP contribution in [-0.4, -0.2) is 36.9 Å². The Kier molecular flexibility index (Phi) is 6.35. The standard InChI is InChI=1S/C17H21F2N3O2.ClH/c18-17(19)9-14(21-11-17)16(24)20-10-12-4-6-13(7-5-12)22-8-2-1-3-15(22)23;/h4-7,14,21H,1-3,8-11H2,(H,20,24);1H. The summed E-state index contributed by atoms with van der Waals surface area (Å²) in [6.45, 7) is 0.553. The average Bonchev–Trinajstić information content (AvgIpc) is 2.94. The first-order valence-corrected chi connectivity index (χ1v) is 8.23. The highest BCUT2D eigenvalue weighted by molar-refractivity contribution is 5.94. The van der Waals surface area contributed by atoms with Gasteiger partial charge in [0, 0.05) is 31.6 Å². The molecule has 5 nitrogen and oxygen atoms in total. The summed E-state index contributed by atoms with van der Waals surface area (Å²) in [5.74, 6) is -3.09. The van der Waals surface area contributed by atoms with E-state index < -0.39 is 30.8 Å². The molecule has 1 aromatic carbocycles. The number of nitrogens with one attached hydrogen (secondary N) is 2. The second-order valence-corrected chi connectivity index (χ2v) is 6.38. The monoisotopic (exact) mass is 373 g/mol. The maximum atomic E-state index is 13.1. The fourth-order valence-corrected chi connectivity index (χ4v) is 3.09. The van der Waals surface area contributed by atoms with Gasteiger partial charge in [-0.2, -0.15) is 0 Å². The van der Waals surface area contributed by atoms with Crippen LogP contribution in [0.2, 0.25) is 0 Å². The van der Waals surface area contributed by atoms with Crippen LogP contribution in [0.3, 0.4) is 0 Å². The lowest BCUT2D eigenvalue weighted by atomic mass is 10.1. The SMILES string of the molecule is Cl.O=C(NCc1ccc(N2CCCCC2=O)cc1)C1CC(F)(F)CN1. The minimum absolute atomic E-state index is 0. The first-order chi connectivity index (χ1) is 11.4. The summed E-state index contributed by atoms with van der Waals surface area (Å²) in [6.07, 6.45) is 2.06. The van der Waals surface area contributed by atoms with Gasteiger partial charge < -0.3 is 10.2 Å². The third-order valence-corrected chi connectivity index (χ3v) is 4.46. The van der Waals surface area contributed by atoms with Gasteiger partial charge in [-0.15, -0.1) is 12.4 Å². The zero-order chi connectivity index (χ0) is 17.2. The van der Waals surface area contributed by atoms with Gasteiger partial charge in [0.25, 0.3) is 5.92 Å². The van der Waals surface area contributed by atoms with Crippen molar-refractivity contribution in [3.63, 3.8) is 0 Å². The van der Waals surface area contributed by atoms with Crippen molar-refractivity contribution >= 4 is 29.9 Å². The fraction of sp³-hybridized carbons (Fsp3) is 0.529. The quantitative estimate of drug-likeness (QED) is 0.851. The maximum absolute atomic E-state index is 13.1. The third-order valence-electron chi connectivity index (χ3n) is 4.46. The van der Waals surface area contributed by atoms with Crippen LogP contribution in [-0.2, 0) is 16.1 Å². The van der Waals surface area contributed by atoms with Gasteiger partial charge in [-0.1, -0.05) is 12.1 Å². The number of halogens is 3. The molecule has 8 heteroatoms. The number of benzene rings is 1. The predicted octanol–water partition coefficient (Wildman–Crippen LogP) is 2.24. The van der Waals surface area contributed by atoms with Crippen LogP contribution in [0, 0.1) is 0 Å². The van der Waals surface area contributed by atoms with Crippen molar-refractivity contribution in [2.45, 2.75) is 44.2 Å². The second kappa shape index (κ2) is 8.10. The lowest BCUT2D eigenvalue weighted by Gasteiger charge is -2.26. The van der Waals surface area contributed by atoms with E-state index in [1.54, 1.807) is 4.90 Å². The zero-order valence-corrected chi connectivity index (χ0v) is 14.6. The van der Waals surface area contributed by atoms with Gasteiger partial charge in [-0.3, -0.25) is 14.9 Å². The van der Waals surface area contributed by atoms with Gasteiger partial charge in [0.15, 0.2) is 0 Å². The molecule has 2 N–H and O–H groups in total. The lowest BCUT2D eigenvalue weighted by Crippen LogP contribution is -2.40. The molecule has 0 spiro atoms. The van der Waals surface area contributed by atoms with Crippen LogP contribution in [0.25, 0.3) is 0 Å². The van der Waals surface area contributed by atoms with Gasteiger partial charge >= 0.3 is 0 Å². The smallest absolute Gasteiger partial charge is 0.262 e. The Morgan fingerprint density at radius 2 is 2.00 bits per heavy atom. The number of alkyl halides is 2. The molecule has 2 aliphatic heterocycles. The molecule has 2 fully saturated rings. The molecule has 1 unspecified atom stereocenters. The van der Waals surface area contributed by atoms with E-state index in [4.69, 9.17) is 0 Å². The predicted molar refractivity (Wildman–Crippen MR) is 93.1 cm³/mol. The lowest BCUT2D eigenvalue weighted by molar-refractivity contribution is -0.123. The molecule has 3 rings (SSSR count). The second-order valence-electron chi connectivity index (χ2n) is 6.38. The summed E-state index contributed by atoms with van der Waals surface area (Å²) in [5, 5.41) is 5.20. The number of anilines is 1. The topological polar surface area (TPSA) is 61.4 Å². The first kappa shape index (κ1) is 19.6. The molecule has 2 aliphatic rings. The van der Waals surface area contributed by atoms with Crippen LogP contribution in [0.1, 0.15) is 31.2 Å². The Labute approximate surface area is 151 Å². The van der Waals surface area contributed by atoms with Crippen LogP contribution >= 0.6 is 12.4 Å². The number of amides is 2. The van der Waals surface area contributed by atoms with Crippen molar-refractivity contribution in [1.82, 2.24) is 10.6 Å². The third kappa shape index (κ3) is 4.89. The molecular weight excluding hydrogens is 352 g/mol. The highest BCUT2D eigenvalue weighted by Gasteiger charge is 2.42. The van der Waals surface area contributed by atoms with Crippen molar-refractivity contribution in [3.8, 4) is 0 Å². The normalized spacial score (nSPS) is 22.4.